The average Bonchev–Trinajstić information content (AvgIpc) is 2.96. The molecule has 0 amide bonds. The molecule has 0 radical (unpaired) electrons. The van der Waals surface area contributed by atoms with E-state index in [0.717, 1.165) is 0 Å². The summed E-state index contributed by atoms with van der Waals surface area (Å²) in [5, 5.41) is 0. The van der Waals surface area contributed by atoms with Gasteiger partial charge in [0.1, 0.15) is 46.2 Å². The van der Waals surface area contributed by atoms with Crippen LogP contribution in [0.2, 0.25) is 0 Å². The third-order valence-electron chi connectivity index (χ3n) is 6.22. The molecule has 0 N–H and O–H groups in total. The maximum absolute atomic E-state index is 12.2. The number of nitrogens with zero attached hydrogens (tertiary/aromatic N) is 6. The minimum atomic E-state index is -2.76. The van der Waals surface area contributed by atoms with Crippen molar-refractivity contribution in [3.63, 3.8) is 0 Å². The van der Waals surface area contributed by atoms with Crippen molar-refractivity contribution >= 4 is 84.0 Å². The van der Waals surface area contributed by atoms with Crippen molar-refractivity contribution in [1.29, 1.82) is 0 Å². The molecule has 4 unspecified atom stereocenters. The van der Waals surface area contributed by atoms with Crippen molar-refractivity contribution in [1.82, 2.24) is 29.4 Å². The molecule has 2 aliphatic rings. The Labute approximate surface area is 285 Å². The van der Waals surface area contributed by atoms with Gasteiger partial charge in [0.05, 0.1) is 13.1 Å². The second-order valence-corrected chi connectivity index (χ2v) is 12.7. The summed E-state index contributed by atoms with van der Waals surface area (Å²) in [5.74, 6) is 11.8. The first-order valence-corrected chi connectivity index (χ1v) is 17.2. The molecule has 4 atom stereocenters. The summed E-state index contributed by atoms with van der Waals surface area (Å²) in [5.41, 5.74) is -1.52. The Hall–Kier alpha value is 0.0900. The zero-order valence-electron chi connectivity index (χ0n) is 23.4. The predicted octanol–water partition coefficient (Wildman–Crippen LogP) is 3.28. The molecule has 0 aromatic heterocycles. The van der Waals surface area contributed by atoms with Crippen LogP contribution in [0.5, 0.6) is 0 Å². The highest BCUT2D eigenvalue weighted by Gasteiger charge is 2.42. The molecule has 0 saturated carbocycles. The van der Waals surface area contributed by atoms with E-state index in [0.29, 0.717) is 39.3 Å². The van der Waals surface area contributed by atoms with Crippen LogP contribution in [0.1, 0.15) is 0 Å². The fourth-order valence-electron chi connectivity index (χ4n) is 4.16. The SMILES string of the molecule is C=CCN1C(S)N(CC#CCO[PH](=O)OCC#CCN2C(S)N(CC=C)C(S)N(CC=C)C2S)C(S)N(CC=C)C1S. The quantitative estimate of drug-likeness (QED) is 0.0708. The Kier molecular flexibility index (Phi) is 18.5. The van der Waals surface area contributed by atoms with Gasteiger partial charge in [0, 0.05) is 26.2 Å². The highest BCUT2D eigenvalue weighted by Crippen LogP contribution is 2.32. The standard InChI is InChI=1S/C26H41N6O3PS6/c1-5-13-27-21(37)28(14-6-2)24(40)31(23(27)39)17-9-11-19-34-36(33)35-20-12-10-18-32-25(41)29(15-7-3)22(38)30(16-8-4)26(32)42/h5-8,21-26,36-42H,1-4,13-20H2. The summed E-state index contributed by atoms with van der Waals surface area (Å²) in [7, 11) is -2.76. The van der Waals surface area contributed by atoms with Crippen LogP contribution < -0.4 is 0 Å². The molecule has 0 aliphatic carbocycles. The summed E-state index contributed by atoms with van der Waals surface area (Å²) >= 11 is 28.5. The number of rotatable bonds is 14. The molecule has 2 saturated heterocycles. The molecule has 16 heteroatoms. The van der Waals surface area contributed by atoms with Crippen LogP contribution in [-0.2, 0) is 13.6 Å². The van der Waals surface area contributed by atoms with Crippen molar-refractivity contribution in [2.24, 2.45) is 0 Å². The van der Waals surface area contributed by atoms with Gasteiger partial charge >= 0.3 is 8.25 Å². The van der Waals surface area contributed by atoms with Gasteiger partial charge in [-0.15, -0.1) is 102 Å². The Morgan fingerprint density at radius 2 is 0.786 bits per heavy atom. The van der Waals surface area contributed by atoms with E-state index in [1.165, 1.54) is 0 Å². The third-order valence-corrected chi connectivity index (χ3v) is 10.5. The third kappa shape index (κ3) is 10.6. The van der Waals surface area contributed by atoms with Crippen molar-refractivity contribution in [2.45, 2.75) is 33.0 Å². The summed E-state index contributed by atoms with van der Waals surface area (Å²) in [6.45, 7) is 18.3. The summed E-state index contributed by atoms with van der Waals surface area (Å²) < 4.78 is 22.6. The highest BCUT2D eigenvalue weighted by molar-refractivity contribution is 7.83. The zero-order valence-corrected chi connectivity index (χ0v) is 29.7. The van der Waals surface area contributed by atoms with E-state index >= 15 is 0 Å². The smallest absolute Gasteiger partial charge is 0.298 e. The molecule has 0 spiro atoms. The van der Waals surface area contributed by atoms with E-state index in [-0.39, 0.29) is 46.2 Å². The molecule has 2 aliphatic heterocycles. The summed E-state index contributed by atoms with van der Waals surface area (Å²) in [4.78, 5) is 12.2. The fraction of sp³-hybridized carbons (Fsp3) is 0.538. The Morgan fingerprint density at radius 1 is 0.524 bits per heavy atom. The number of hydrogen-bond donors (Lipinski definition) is 6. The van der Waals surface area contributed by atoms with Crippen LogP contribution in [-0.4, -0.2) is 115 Å². The monoisotopic (exact) mass is 708 g/mol. The maximum atomic E-state index is 12.2. The van der Waals surface area contributed by atoms with Gasteiger partial charge in [-0.3, -0.25) is 33.2 Å². The van der Waals surface area contributed by atoms with Crippen molar-refractivity contribution in [2.75, 3.05) is 52.5 Å². The first-order chi connectivity index (χ1) is 20.1. The molecular formula is C26H41N6O3PS6. The number of thiol groups is 6. The van der Waals surface area contributed by atoms with Crippen molar-refractivity contribution < 1.29 is 13.6 Å². The first kappa shape index (κ1) is 38.3. The molecule has 234 valence electrons. The lowest BCUT2D eigenvalue weighted by molar-refractivity contribution is -0.0584. The zero-order chi connectivity index (χ0) is 31.2. The molecule has 2 fully saturated rings. The minimum Gasteiger partial charge on any atom is -0.298 e. The van der Waals surface area contributed by atoms with Crippen molar-refractivity contribution in [3.05, 3.63) is 50.6 Å². The first-order valence-electron chi connectivity index (χ1n) is 12.9. The largest absolute Gasteiger partial charge is 0.320 e. The van der Waals surface area contributed by atoms with Gasteiger partial charge in [-0.1, -0.05) is 48.0 Å². The van der Waals surface area contributed by atoms with Crippen LogP contribution in [0.15, 0.2) is 50.6 Å². The van der Waals surface area contributed by atoms with Gasteiger partial charge < -0.3 is 0 Å². The van der Waals surface area contributed by atoms with E-state index in [9.17, 15) is 4.57 Å². The molecule has 0 aromatic rings. The highest BCUT2D eigenvalue weighted by atomic mass is 32.1. The van der Waals surface area contributed by atoms with E-state index in [1.807, 2.05) is 29.4 Å². The van der Waals surface area contributed by atoms with Gasteiger partial charge in [-0.25, -0.2) is 9.80 Å². The Balaban J connectivity index is 1.83. The van der Waals surface area contributed by atoms with Gasteiger partial charge in [0.2, 0.25) is 0 Å². The normalized spacial score (nSPS) is 29.1. The van der Waals surface area contributed by atoms with Crippen LogP contribution in [0.3, 0.4) is 0 Å². The second kappa shape index (κ2) is 20.3. The van der Waals surface area contributed by atoms with E-state index in [1.54, 1.807) is 24.3 Å². The fourth-order valence-corrected chi connectivity index (χ4v) is 7.85. The lowest BCUT2D eigenvalue weighted by Gasteiger charge is -2.52. The van der Waals surface area contributed by atoms with Crippen LogP contribution in [0.4, 0.5) is 0 Å². The molecular weight excluding hydrogens is 668 g/mol. The van der Waals surface area contributed by atoms with Gasteiger partial charge in [-0.05, 0) is 0 Å². The van der Waals surface area contributed by atoms with Crippen LogP contribution >= 0.6 is 84.0 Å². The molecule has 0 bridgehead atoms. The van der Waals surface area contributed by atoms with Crippen LogP contribution in [0, 0.1) is 23.7 Å². The summed E-state index contributed by atoms with van der Waals surface area (Å²) in [6, 6.07) is 0. The Bertz CT molecular complexity index is 943. The topological polar surface area (TPSA) is 55.0 Å². The average molecular weight is 709 g/mol. The molecule has 9 nitrogen and oxygen atoms in total. The lowest BCUT2D eigenvalue weighted by atomic mass is 10.4. The van der Waals surface area contributed by atoms with E-state index < -0.39 is 8.25 Å². The summed E-state index contributed by atoms with van der Waals surface area (Å²) in [6.07, 6.45) is 7.19. The van der Waals surface area contributed by atoms with E-state index in [4.69, 9.17) is 84.8 Å². The van der Waals surface area contributed by atoms with E-state index in [2.05, 4.69) is 50.0 Å². The number of hydrogen-bond acceptors (Lipinski definition) is 15. The minimum absolute atomic E-state index is 0.0465. The van der Waals surface area contributed by atoms with Gasteiger partial charge in [-0.2, -0.15) is 0 Å². The van der Waals surface area contributed by atoms with Gasteiger partial charge in [0.25, 0.3) is 0 Å². The molecule has 0 aromatic carbocycles. The molecule has 2 heterocycles. The van der Waals surface area contributed by atoms with Crippen LogP contribution in [0.25, 0.3) is 0 Å². The molecule has 2 rings (SSSR count). The maximum Gasteiger partial charge on any atom is 0.320 e. The second-order valence-electron chi connectivity index (χ2n) is 8.90. The lowest BCUT2D eigenvalue weighted by Crippen LogP contribution is -2.66. The predicted molar refractivity (Wildman–Crippen MR) is 194 cm³/mol. The Morgan fingerprint density at radius 3 is 1.05 bits per heavy atom. The molecule has 42 heavy (non-hydrogen) atoms. The van der Waals surface area contributed by atoms with Crippen molar-refractivity contribution in [3.8, 4) is 23.7 Å². The van der Waals surface area contributed by atoms with Gasteiger partial charge in [0.15, 0.2) is 0 Å².